The van der Waals surface area contributed by atoms with Crippen LogP contribution in [0.2, 0.25) is 0 Å². The molecule has 4 rings (SSSR count). The van der Waals surface area contributed by atoms with Crippen LogP contribution in [0.3, 0.4) is 0 Å². The van der Waals surface area contributed by atoms with E-state index in [0.29, 0.717) is 6.61 Å². The van der Waals surface area contributed by atoms with Crippen molar-refractivity contribution in [1.29, 1.82) is 0 Å². The lowest BCUT2D eigenvalue weighted by Crippen LogP contribution is -2.49. The Hall–Kier alpha value is -2.34. The third kappa shape index (κ3) is 2.25. The van der Waals surface area contributed by atoms with Gasteiger partial charge in [0.05, 0.1) is 18.5 Å². The molecule has 6 heteroatoms. The molecule has 2 bridgehead atoms. The zero-order chi connectivity index (χ0) is 13.9. The van der Waals surface area contributed by atoms with E-state index in [-0.39, 0.29) is 6.10 Å². The molecule has 1 aromatic carbocycles. The molecule has 2 atom stereocenters. The molecule has 1 amide bonds. The Balaban J connectivity index is 1.92. The van der Waals surface area contributed by atoms with E-state index in [1.807, 2.05) is 42.5 Å². The molecule has 20 heavy (non-hydrogen) atoms. The van der Waals surface area contributed by atoms with Crippen LogP contribution in [-0.4, -0.2) is 36.2 Å². The maximum absolute atomic E-state index is 12.0. The maximum atomic E-state index is 12.0. The minimum absolute atomic E-state index is 0.286. The summed E-state index contributed by atoms with van der Waals surface area (Å²) in [4.78, 5) is 17.8. The predicted octanol–water partition coefficient (Wildman–Crippen LogP) is 2.15. The number of amides is 1. The van der Waals surface area contributed by atoms with Crippen LogP contribution in [0.5, 0.6) is 0 Å². The maximum Gasteiger partial charge on any atom is 0.432 e. The number of anilines is 1. The highest BCUT2D eigenvalue weighted by molar-refractivity contribution is 5.75. The molecule has 0 unspecified atom stereocenters. The Morgan fingerprint density at radius 3 is 2.90 bits per heavy atom. The van der Waals surface area contributed by atoms with E-state index in [1.165, 1.54) is 5.01 Å². The first kappa shape index (κ1) is 12.7. The standard InChI is InChI=1S/C14H15N3O3/c1-2-19-14(18)16-13-9-8-12(10-15-16)20-17(13)11-6-4-3-5-7-11/h3-10,12-13H,2H2,1H3/t12-,13+/m1/s1. The van der Waals surface area contributed by atoms with Crippen LogP contribution >= 0.6 is 0 Å². The molecule has 0 saturated heterocycles. The quantitative estimate of drug-likeness (QED) is 0.775. The lowest BCUT2D eigenvalue weighted by Gasteiger charge is -2.35. The van der Waals surface area contributed by atoms with E-state index >= 15 is 0 Å². The van der Waals surface area contributed by atoms with E-state index < -0.39 is 12.3 Å². The summed E-state index contributed by atoms with van der Waals surface area (Å²) < 4.78 is 5.03. The minimum Gasteiger partial charge on any atom is -0.448 e. The highest BCUT2D eigenvalue weighted by atomic mass is 16.7. The number of hydrogen-bond donors (Lipinski definition) is 0. The monoisotopic (exact) mass is 273 g/mol. The van der Waals surface area contributed by atoms with Gasteiger partial charge in [-0.1, -0.05) is 18.2 Å². The van der Waals surface area contributed by atoms with Gasteiger partial charge in [-0.2, -0.15) is 10.1 Å². The van der Waals surface area contributed by atoms with Crippen molar-refractivity contribution in [2.75, 3.05) is 11.7 Å². The molecule has 3 aliphatic heterocycles. The Kier molecular flexibility index (Phi) is 3.39. The summed E-state index contributed by atoms with van der Waals surface area (Å²) in [5.74, 6) is 0. The van der Waals surface area contributed by atoms with Crippen LogP contribution in [0.25, 0.3) is 0 Å². The fraction of sp³-hybridized carbons (Fsp3) is 0.286. The van der Waals surface area contributed by atoms with Gasteiger partial charge in [-0.3, -0.25) is 4.84 Å². The molecule has 3 aliphatic rings. The van der Waals surface area contributed by atoms with E-state index in [1.54, 1.807) is 18.2 Å². The van der Waals surface area contributed by atoms with Gasteiger partial charge in [0.1, 0.15) is 6.10 Å². The highest BCUT2D eigenvalue weighted by Crippen LogP contribution is 2.27. The van der Waals surface area contributed by atoms with E-state index in [0.717, 1.165) is 5.69 Å². The topological polar surface area (TPSA) is 54.4 Å². The molecule has 0 radical (unpaired) electrons. The second kappa shape index (κ2) is 5.34. The van der Waals surface area contributed by atoms with Crippen LogP contribution in [0.4, 0.5) is 10.5 Å². The Morgan fingerprint density at radius 2 is 2.15 bits per heavy atom. The van der Waals surface area contributed by atoms with Crippen LogP contribution in [-0.2, 0) is 9.57 Å². The molecule has 0 spiro atoms. The van der Waals surface area contributed by atoms with Gasteiger partial charge >= 0.3 is 6.09 Å². The van der Waals surface area contributed by atoms with Crippen molar-refractivity contribution in [3.05, 3.63) is 42.5 Å². The molecule has 6 nitrogen and oxygen atoms in total. The lowest BCUT2D eigenvalue weighted by atomic mass is 10.2. The molecular formula is C14H15N3O3. The van der Waals surface area contributed by atoms with Crippen molar-refractivity contribution in [3.63, 3.8) is 0 Å². The smallest absolute Gasteiger partial charge is 0.432 e. The molecule has 0 saturated carbocycles. The molecule has 104 valence electrons. The number of rotatable bonds is 2. The summed E-state index contributed by atoms with van der Waals surface area (Å²) in [7, 11) is 0. The molecule has 1 aromatic rings. The first-order valence-electron chi connectivity index (χ1n) is 6.49. The van der Waals surface area contributed by atoms with Gasteiger partial charge in [-0.25, -0.2) is 9.86 Å². The number of para-hydroxylation sites is 1. The Bertz CT molecular complexity index is 544. The predicted molar refractivity (Wildman–Crippen MR) is 74.1 cm³/mol. The number of fused-ring (bicyclic) bond motifs is 2. The Labute approximate surface area is 116 Å². The van der Waals surface area contributed by atoms with Gasteiger partial charge in [0.15, 0.2) is 6.17 Å². The van der Waals surface area contributed by atoms with Gasteiger partial charge in [0, 0.05) is 0 Å². The van der Waals surface area contributed by atoms with Crippen molar-refractivity contribution >= 4 is 18.0 Å². The van der Waals surface area contributed by atoms with Crippen molar-refractivity contribution in [2.24, 2.45) is 5.10 Å². The van der Waals surface area contributed by atoms with Crippen LogP contribution < -0.4 is 5.06 Å². The lowest BCUT2D eigenvalue weighted by molar-refractivity contribution is 0.0375. The van der Waals surface area contributed by atoms with Crippen molar-refractivity contribution < 1.29 is 14.4 Å². The van der Waals surface area contributed by atoms with Crippen molar-refractivity contribution in [3.8, 4) is 0 Å². The van der Waals surface area contributed by atoms with E-state index in [2.05, 4.69) is 5.10 Å². The number of hydroxylamine groups is 1. The number of benzene rings is 1. The fourth-order valence-electron chi connectivity index (χ4n) is 2.11. The molecule has 0 N–H and O–H groups in total. The SMILES string of the molecule is CCOC(=O)N1N=C[C@H]2C=C[C@@H]1N(c1ccccc1)O2. The van der Waals surface area contributed by atoms with E-state index in [4.69, 9.17) is 9.57 Å². The third-order valence-corrected chi connectivity index (χ3v) is 3.00. The summed E-state index contributed by atoms with van der Waals surface area (Å²) in [6.45, 7) is 2.06. The zero-order valence-electron chi connectivity index (χ0n) is 11.0. The second-order valence-corrected chi connectivity index (χ2v) is 4.34. The normalized spacial score (nSPS) is 23.9. The molecule has 0 aromatic heterocycles. The van der Waals surface area contributed by atoms with Crippen LogP contribution in [0.1, 0.15) is 6.92 Å². The van der Waals surface area contributed by atoms with Gasteiger partial charge in [0.2, 0.25) is 0 Å². The summed E-state index contributed by atoms with van der Waals surface area (Å²) in [6.07, 6.45) is 4.09. The number of hydrazone groups is 1. The van der Waals surface area contributed by atoms with Gasteiger partial charge < -0.3 is 4.74 Å². The summed E-state index contributed by atoms with van der Waals surface area (Å²) >= 11 is 0. The molecule has 0 fully saturated rings. The third-order valence-electron chi connectivity index (χ3n) is 3.00. The van der Waals surface area contributed by atoms with Crippen LogP contribution in [0, 0.1) is 0 Å². The summed E-state index contributed by atoms with van der Waals surface area (Å²) in [5.41, 5.74) is 0.853. The number of hydrogen-bond acceptors (Lipinski definition) is 5. The van der Waals surface area contributed by atoms with Crippen molar-refractivity contribution in [1.82, 2.24) is 5.01 Å². The number of carbonyl (C=O) groups excluding carboxylic acids is 1. The average molecular weight is 273 g/mol. The number of nitrogens with zero attached hydrogens (tertiary/aromatic N) is 3. The van der Waals surface area contributed by atoms with Gasteiger partial charge in [-0.15, -0.1) is 0 Å². The second-order valence-electron chi connectivity index (χ2n) is 4.34. The number of ether oxygens (including phenoxy) is 1. The largest absolute Gasteiger partial charge is 0.448 e. The summed E-state index contributed by atoms with van der Waals surface area (Å²) in [6, 6.07) is 9.58. The zero-order valence-corrected chi connectivity index (χ0v) is 11.0. The van der Waals surface area contributed by atoms with Crippen LogP contribution in [0.15, 0.2) is 47.6 Å². The minimum atomic E-state index is -0.495. The van der Waals surface area contributed by atoms with Gasteiger partial charge in [-0.05, 0) is 31.2 Å². The first-order valence-corrected chi connectivity index (χ1v) is 6.49. The molecule has 3 heterocycles. The molecular weight excluding hydrogens is 258 g/mol. The first-order chi connectivity index (χ1) is 9.79. The van der Waals surface area contributed by atoms with Gasteiger partial charge in [0.25, 0.3) is 0 Å². The molecule has 0 aliphatic carbocycles. The fourth-order valence-corrected chi connectivity index (χ4v) is 2.11. The summed E-state index contributed by atoms with van der Waals surface area (Å²) in [5, 5.41) is 7.09. The Morgan fingerprint density at radius 1 is 1.35 bits per heavy atom. The number of carbonyl (C=O) groups is 1. The van der Waals surface area contributed by atoms with Crippen molar-refractivity contribution in [2.45, 2.75) is 19.2 Å². The highest BCUT2D eigenvalue weighted by Gasteiger charge is 2.36. The van der Waals surface area contributed by atoms with E-state index in [9.17, 15) is 4.79 Å². The average Bonchev–Trinajstić information content (AvgIpc) is 2.80.